The molecule has 0 aromatic heterocycles. The van der Waals surface area contributed by atoms with Crippen LogP contribution in [0.25, 0.3) is 0 Å². The van der Waals surface area contributed by atoms with Crippen molar-refractivity contribution in [3.8, 4) is 0 Å². The molecular formula is C13H19N3O3S. The monoisotopic (exact) mass is 297 g/mol. The summed E-state index contributed by atoms with van der Waals surface area (Å²) in [6.45, 7) is 1.24. The minimum atomic E-state index is -3.47. The van der Waals surface area contributed by atoms with E-state index in [0.29, 0.717) is 31.6 Å². The average molecular weight is 297 g/mol. The van der Waals surface area contributed by atoms with Crippen molar-refractivity contribution in [3.05, 3.63) is 35.4 Å². The second-order valence-corrected chi connectivity index (χ2v) is 6.78. The molecule has 2 rings (SSSR count). The molecule has 7 heteroatoms. The summed E-state index contributed by atoms with van der Waals surface area (Å²) >= 11 is 0. The van der Waals surface area contributed by atoms with Gasteiger partial charge in [-0.3, -0.25) is 4.79 Å². The van der Waals surface area contributed by atoms with Crippen LogP contribution in [0.3, 0.4) is 0 Å². The Hall–Kier alpha value is -1.44. The van der Waals surface area contributed by atoms with Gasteiger partial charge in [-0.15, -0.1) is 0 Å². The molecular weight excluding hydrogens is 278 g/mol. The van der Waals surface area contributed by atoms with Crippen LogP contribution in [-0.4, -0.2) is 38.3 Å². The van der Waals surface area contributed by atoms with Gasteiger partial charge in [-0.1, -0.05) is 24.3 Å². The first-order valence-electron chi connectivity index (χ1n) is 6.53. The summed E-state index contributed by atoms with van der Waals surface area (Å²) in [4.78, 5) is 11.4. The van der Waals surface area contributed by atoms with Crippen LogP contribution in [0.1, 0.15) is 17.5 Å². The van der Waals surface area contributed by atoms with Crippen LogP contribution in [-0.2, 0) is 27.1 Å². The summed E-state index contributed by atoms with van der Waals surface area (Å²) < 4.78 is 25.9. The van der Waals surface area contributed by atoms with Crippen molar-refractivity contribution in [2.75, 3.05) is 19.6 Å². The van der Waals surface area contributed by atoms with E-state index < -0.39 is 10.0 Å². The first kappa shape index (κ1) is 15.0. The minimum absolute atomic E-state index is 0.0921. The van der Waals surface area contributed by atoms with Crippen LogP contribution in [0.4, 0.5) is 0 Å². The van der Waals surface area contributed by atoms with Gasteiger partial charge in [-0.05, 0) is 17.5 Å². The van der Waals surface area contributed by atoms with E-state index in [-0.39, 0.29) is 18.2 Å². The van der Waals surface area contributed by atoms with Crippen molar-refractivity contribution >= 4 is 15.9 Å². The zero-order valence-corrected chi connectivity index (χ0v) is 12.0. The molecule has 0 unspecified atom stereocenters. The van der Waals surface area contributed by atoms with Crippen LogP contribution in [0, 0.1) is 0 Å². The van der Waals surface area contributed by atoms with Gasteiger partial charge in [0.25, 0.3) is 0 Å². The number of amides is 1. The Bertz CT molecular complexity index is 569. The van der Waals surface area contributed by atoms with Crippen molar-refractivity contribution < 1.29 is 13.2 Å². The van der Waals surface area contributed by atoms with Gasteiger partial charge in [0.15, 0.2) is 0 Å². The molecule has 0 atom stereocenters. The number of nitrogens with one attached hydrogen (secondary N) is 1. The molecule has 0 radical (unpaired) electrons. The highest BCUT2D eigenvalue weighted by atomic mass is 32.2. The predicted octanol–water partition coefficient (Wildman–Crippen LogP) is -0.203. The molecule has 0 saturated carbocycles. The molecule has 1 saturated heterocycles. The highest BCUT2D eigenvalue weighted by molar-refractivity contribution is 7.88. The SMILES string of the molecule is NCc1ccc(CS(=O)(=O)N2CCCNC(=O)C2)cc1. The lowest BCUT2D eigenvalue weighted by Crippen LogP contribution is -2.38. The molecule has 1 heterocycles. The van der Waals surface area contributed by atoms with Crippen molar-refractivity contribution in [2.24, 2.45) is 5.73 Å². The maximum Gasteiger partial charge on any atom is 0.235 e. The molecule has 0 aliphatic carbocycles. The molecule has 1 aromatic carbocycles. The number of benzene rings is 1. The van der Waals surface area contributed by atoms with Crippen LogP contribution in [0.15, 0.2) is 24.3 Å². The third kappa shape index (κ3) is 3.78. The fourth-order valence-corrected chi connectivity index (χ4v) is 3.61. The lowest BCUT2D eigenvalue weighted by Gasteiger charge is -2.18. The van der Waals surface area contributed by atoms with E-state index in [2.05, 4.69) is 5.32 Å². The standard InChI is InChI=1S/C13H19N3O3S/c14-8-11-2-4-12(5-3-11)10-20(18,19)16-7-1-6-15-13(17)9-16/h2-5H,1,6-10,14H2,(H,15,17). The second-order valence-electron chi connectivity index (χ2n) is 4.81. The summed E-state index contributed by atoms with van der Waals surface area (Å²) in [7, 11) is -3.47. The number of sulfonamides is 1. The summed E-state index contributed by atoms with van der Waals surface area (Å²) in [5.74, 6) is -0.338. The van der Waals surface area contributed by atoms with Gasteiger partial charge < -0.3 is 11.1 Å². The molecule has 6 nitrogen and oxygen atoms in total. The van der Waals surface area contributed by atoms with Gasteiger partial charge in [-0.25, -0.2) is 8.42 Å². The second kappa shape index (κ2) is 6.34. The summed E-state index contributed by atoms with van der Waals surface area (Å²) in [6, 6.07) is 7.16. The lowest BCUT2D eigenvalue weighted by molar-refractivity contribution is -0.120. The van der Waals surface area contributed by atoms with Gasteiger partial charge in [0.05, 0.1) is 12.3 Å². The molecule has 0 spiro atoms. The molecule has 1 aliphatic heterocycles. The maximum atomic E-state index is 12.3. The Morgan fingerprint density at radius 1 is 1.20 bits per heavy atom. The average Bonchev–Trinajstić information content (AvgIpc) is 2.64. The summed E-state index contributed by atoms with van der Waals surface area (Å²) in [5.41, 5.74) is 7.17. The minimum Gasteiger partial charge on any atom is -0.355 e. The smallest absolute Gasteiger partial charge is 0.235 e. The van der Waals surface area contributed by atoms with E-state index in [1.807, 2.05) is 12.1 Å². The van der Waals surface area contributed by atoms with E-state index in [1.54, 1.807) is 12.1 Å². The zero-order valence-electron chi connectivity index (χ0n) is 11.2. The Balaban J connectivity index is 2.10. The van der Waals surface area contributed by atoms with Gasteiger partial charge in [0, 0.05) is 19.6 Å². The third-order valence-corrected chi connectivity index (χ3v) is 5.02. The quantitative estimate of drug-likeness (QED) is 0.805. The van der Waals surface area contributed by atoms with Crippen molar-refractivity contribution in [2.45, 2.75) is 18.7 Å². The molecule has 1 amide bonds. The van der Waals surface area contributed by atoms with E-state index in [0.717, 1.165) is 5.56 Å². The van der Waals surface area contributed by atoms with Gasteiger partial charge >= 0.3 is 0 Å². The summed E-state index contributed by atoms with van der Waals surface area (Å²) in [6.07, 6.45) is 0.636. The normalized spacial score (nSPS) is 17.6. The van der Waals surface area contributed by atoms with Crippen molar-refractivity contribution in [1.82, 2.24) is 9.62 Å². The van der Waals surface area contributed by atoms with Crippen molar-refractivity contribution in [1.29, 1.82) is 0 Å². The topological polar surface area (TPSA) is 92.5 Å². The Kier molecular flexibility index (Phi) is 4.74. The summed E-state index contributed by atoms with van der Waals surface area (Å²) in [5, 5.41) is 2.67. The van der Waals surface area contributed by atoms with E-state index >= 15 is 0 Å². The Labute approximate surface area is 119 Å². The maximum absolute atomic E-state index is 12.3. The van der Waals surface area contributed by atoms with Crippen LogP contribution in [0.5, 0.6) is 0 Å². The molecule has 3 N–H and O–H groups in total. The first-order valence-corrected chi connectivity index (χ1v) is 8.14. The number of rotatable bonds is 4. The van der Waals surface area contributed by atoms with E-state index in [1.165, 1.54) is 4.31 Å². The molecule has 20 heavy (non-hydrogen) atoms. The van der Waals surface area contributed by atoms with Gasteiger partial charge in [0.2, 0.25) is 15.9 Å². The number of carbonyl (C=O) groups excluding carboxylic acids is 1. The largest absolute Gasteiger partial charge is 0.355 e. The molecule has 1 fully saturated rings. The Morgan fingerprint density at radius 2 is 1.85 bits per heavy atom. The molecule has 0 bridgehead atoms. The molecule has 110 valence electrons. The van der Waals surface area contributed by atoms with Gasteiger partial charge in [0.1, 0.15) is 0 Å². The Morgan fingerprint density at radius 3 is 2.50 bits per heavy atom. The lowest BCUT2D eigenvalue weighted by atomic mass is 10.1. The third-order valence-electron chi connectivity index (χ3n) is 3.23. The fourth-order valence-electron chi connectivity index (χ4n) is 2.09. The number of hydrogen-bond acceptors (Lipinski definition) is 4. The highest BCUT2D eigenvalue weighted by Crippen LogP contribution is 2.13. The first-order chi connectivity index (χ1) is 9.51. The van der Waals surface area contributed by atoms with E-state index in [9.17, 15) is 13.2 Å². The van der Waals surface area contributed by atoms with Crippen molar-refractivity contribution in [3.63, 3.8) is 0 Å². The van der Waals surface area contributed by atoms with Gasteiger partial charge in [-0.2, -0.15) is 4.31 Å². The highest BCUT2D eigenvalue weighted by Gasteiger charge is 2.26. The van der Waals surface area contributed by atoms with E-state index in [4.69, 9.17) is 5.73 Å². The van der Waals surface area contributed by atoms with Crippen LogP contribution < -0.4 is 11.1 Å². The van der Waals surface area contributed by atoms with Crippen LogP contribution in [0.2, 0.25) is 0 Å². The number of hydrogen-bond donors (Lipinski definition) is 2. The fraction of sp³-hybridized carbons (Fsp3) is 0.462. The molecule has 1 aromatic rings. The van der Waals surface area contributed by atoms with Crippen LogP contribution >= 0.6 is 0 Å². The molecule has 1 aliphatic rings. The zero-order chi connectivity index (χ0) is 14.6. The predicted molar refractivity (Wildman–Crippen MR) is 76.2 cm³/mol. The number of carbonyl (C=O) groups is 1. The number of nitrogens with two attached hydrogens (primary N) is 1. The number of nitrogens with zero attached hydrogens (tertiary/aromatic N) is 1.